The molecule has 3 aromatic rings. The Balaban J connectivity index is 1.34. The highest BCUT2D eigenvalue weighted by molar-refractivity contribution is 5.59. The number of nitrogens with zero attached hydrogens (tertiary/aromatic N) is 4. The lowest BCUT2D eigenvalue weighted by Gasteiger charge is -2.06. The number of aromatic nitrogens is 4. The van der Waals surface area contributed by atoms with E-state index in [1.165, 1.54) is 62.5 Å². The molecule has 0 atom stereocenters. The molecule has 0 spiro atoms. The van der Waals surface area contributed by atoms with Crippen LogP contribution < -0.4 is 0 Å². The molecular formula is C34H50N4O2. The van der Waals surface area contributed by atoms with Crippen LogP contribution in [0.5, 0.6) is 0 Å². The topological polar surface area (TPSA) is 70.0 Å². The first-order chi connectivity index (χ1) is 19.8. The maximum atomic E-state index is 5.74. The third-order valence-electron chi connectivity index (χ3n) is 7.13. The minimum atomic E-state index is 0.774. The normalized spacial score (nSPS) is 11.2. The summed E-state index contributed by atoms with van der Waals surface area (Å²) in [7, 11) is 0. The molecule has 0 saturated carbocycles. The van der Waals surface area contributed by atoms with Gasteiger partial charge >= 0.3 is 0 Å². The lowest BCUT2D eigenvalue weighted by molar-refractivity contribution is 0.126. The predicted octanol–water partition coefficient (Wildman–Crippen LogP) is 8.44. The Morgan fingerprint density at radius 1 is 0.450 bits per heavy atom. The van der Waals surface area contributed by atoms with E-state index in [9.17, 15) is 0 Å². The summed E-state index contributed by atoms with van der Waals surface area (Å²) in [6.45, 7) is 7.97. The van der Waals surface area contributed by atoms with Crippen molar-refractivity contribution in [3.05, 3.63) is 59.9 Å². The third-order valence-corrected chi connectivity index (χ3v) is 7.13. The van der Waals surface area contributed by atoms with Gasteiger partial charge in [-0.2, -0.15) is 0 Å². The molecule has 0 aromatic carbocycles. The van der Waals surface area contributed by atoms with Crippen molar-refractivity contribution in [1.82, 2.24) is 20.2 Å². The number of hydrogen-bond donors (Lipinski definition) is 0. The number of hydrogen-bond acceptors (Lipinski definition) is 6. The molecule has 40 heavy (non-hydrogen) atoms. The monoisotopic (exact) mass is 546 g/mol. The maximum Gasteiger partial charge on any atom is 0.111 e. The smallest absolute Gasteiger partial charge is 0.111 e. The van der Waals surface area contributed by atoms with Crippen molar-refractivity contribution < 1.29 is 9.47 Å². The van der Waals surface area contributed by atoms with Gasteiger partial charge in [-0.1, -0.05) is 64.5 Å². The van der Waals surface area contributed by atoms with Gasteiger partial charge in [0.1, 0.15) is 11.4 Å². The van der Waals surface area contributed by atoms with Gasteiger partial charge in [-0.3, -0.25) is 9.97 Å². The van der Waals surface area contributed by atoms with E-state index in [4.69, 9.17) is 9.47 Å². The number of rotatable bonds is 22. The van der Waals surface area contributed by atoms with Crippen molar-refractivity contribution in [3.8, 4) is 22.8 Å². The number of ether oxygens (including phenoxy) is 2. The maximum absolute atomic E-state index is 5.74. The molecular weight excluding hydrogens is 496 g/mol. The zero-order valence-corrected chi connectivity index (χ0v) is 25.0. The summed E-state index contributed by atoms with van der Waals surface area (Å²) in [6, 6.07) is 12.3. The fourth-order valence-electron chi connectivity index (χ4n) is 4.59. The zero-order chi connectivity index (χ0) is 28.1. The first kappa shape index (κ1) is 31.8. The minimum absolute atomic E-state index is 0.774. The molecule has 0 aliphatic rings. The van der Waals surface area contributed by atoms with Crippen molar-refractivity contribution in [1.29, 1.82) is 0 Å². The Bertz CT molecular complexity index is 939. The van der Waals surface area contributed by atoms with Gasteiger partial charge in [0.2, 0.25) is 0 Å². The molecule has 6 heteroatoms. The van der Waals surface area contributed by atoms with Crippen molar-refractivity contribution in [3.63, 3.8) is 0 Å². The summed E-state index contributed by atoms with van der Waals surface area (Å²) in [5.41, 5.74) is 5.72. The first-order valence-electron chi connectivity index (χ1n) is 15.7. The van der Waals surface area contributed by atoms with Crippen molar-refractivity contribution >= 4 is 0 Å². The second-order valence-electron chi connectivity index (χ2n) is 10.7. The second kappa shape index (κ2) is 20.2. The van der Waals surface area contributed by atoms with E-state index in [-0.39, 0.29) is 0 Å². The standard InChI is InChI=1S/C34H50N4O2/c1-3-5-7-11-23-39-25-13-9-15-29-17-19-31(35-27-29)33-21-22-34(38-37-33)32-20-18-30(28-36-32)16-10-14-26-40-24-12-8-6-4-2/h17-22,27-28H,3-16,23-26H2,1-2H3. The molecule has 3 aromatic heterocycles. The fourth-order valence-corrected chi connectivity index (χ4v) is 4.59. The van der Waals surface area contributed by atoms with E-state index in [1.54, 1.807) is 0 Å². The molecule has 0 amide bonds. The van der Waals surface area contributed by atoms with E-state index in [0.717, 1.165) is 87.7 Å². The van der Waals surface area contributed by atoms with Gasteiger partial charge in [0, 0.05) is 38.8 Å². The Hall–Kier alpha value is -2.70. The third kappa shape index (κ3) is 12.6. The average molecular weight is 547 g/mol. The predicted molar refractivity (Wildman–Crippen MR) is 164 cm³/mol. The van der Waals surface area contributed by atoms with Crippen LogP contribution in [0.3, 0.4) is 0 Å². The molecule has 0 radical (unpaired) electrons. The molecule has 0 aliphatic carbocycles. The van der Waals surface area contributed by atoms with E-state index < -0.39 is 0 Å². The van der Waals surface area contributed by atoms with Gasteiger partial charge in [0.05, 0.1) is 11.4 Å². The number of pyridine rings is 2. The van der Waals surface area contributed by atoms with Gasteiger partial charge in [-0.15, -0.1) is 10.2 Å². The van der Waals surface area contributed by atoms with Crippen molar-refractivity contribution in [2.75, 3.05) is 26.4 Å². The van der Waals surface area contributed by atoms with Crippen LogP contribution in [0.2, 0.25) is 0 Å². The summed E-state index contributed by atoms with van der Waals surface area (Å²) in [5.74, 6) is 0. The summed E-state index contributed by atoms with van der Waals surface area (Å²) >= 11 is 0. The van der Waals surface area contributed by atoms with Crippen LogP contribution in [0.25, 0.3) is 22.8 Å². The molecule has 3 rings (SSSR count). The summed E-state index contributed by atoms with van der Waals surface area (Å²) in [6.07, 6.45) is 20.4. The SMILES string of the molecule is CCCCCCOCCCCc1ccc(-c2ccc(-c3ccc(CCCCOCCCCCC)cn3)nn2)nc1. The fraction of sp³-hybridized carbons (Fsp3) is 0.588. The van der Waals surface area contributed by atoms with Crippen LogP contribution in [-0.4, -0.2) is 46.6 Å². The molecule has 0 unspecified atom stereocenters. The molecule has 6 nitrogen and oxygen atoms in total. The molecule has 0 saturated heterocycles. The van der Waals surface area contributed by atoms with Crippen molar-refractivity contribution in [2.45, 2.75) is 104 Å². The van der Waals surface area contributed by atoms with Crippen LogP contribution in [0.4, 0.5) is 0 Å². The molecule has 0 fully saturated rings. The molecule has 3 heterocycles. The molecule has 0 N–H and O–H groups in total. The lowest BCUT2D eigenvalue weighted by atomic mass is 10.1. The Labute approximate surface area is 242 Å². The van der Waals surface area contributed by atoms with Gasteiger partial charge in [0.25, 0.3) is 0 Å². The Kier molecular flexibility index (Phi) is 16.1. The highest BCUT2D eigenvalue weighted by Crippen LogP contribution is 2.19. The molecule has 0 aliphatic heterocycles. The van der Waals surface area contributed by atoms with E-state index >= 15 is 0 Å². The van der Waals surface area contributed by atoms with Crippen molar-refractivity contribution in [2.24, 2.45) is 0 Å². The van der Waals surface area contributed by atoms with Crippen LogP contribution in [0.1, 0.15) is 102 Å². The highest BCUT2D eigenvalue weighted by Gasteiger charge is 2.06. The quantitative estimate of drug-likeness (QED) is 0.118. The van der Waals surface area contributed by atoms with E-state index in [1.807, 2.05) is 36.7 Å². The van der Waals surface area contributed by atoms with Gasteiger partial charge < -0.3 is 9.47 Å². The van der Waals surface area contributed by atoms with Gasteiger partial charge in [-0.05, 0) is 86.8 Å². The Morgan fingerprint density at radius 2 is 0.850 bits per heavy atom. The summed E-state index contributed by atoms with van der Waals surface area (Å²) in [5, 5.41) is 8.84. The van der Waals surface area contributed by atoms with Gasteiger partial charge in [0.15, 0.2) is 0 Å². The molecule has 218 valence electrons. The summed E-state index contributed by atoms with van der Waals surface area (Å²) < 4.78 is 11.5. The van der Waals surface area contributed by atoms with Crippen LogP contribution in [-0.2, 0) is 22.3 Å². The van der Waals surface area contributed by atoms with Crippen LogP contribution >= 0.6 is 0 Å². The Morgan fingerprint density at radius 3 is 1.20 bits per heavy atom. The average Bonchev–Trinajstić information content (AvgIpc) is 3.00. The van der Waals surface area contributed by atoms with Crippen LogP contribution in [0.15, 0.2) is 48.8 Å². The molecule has 0 bridgehead atoms. The number of unbranched alkanes of at least 4 members (excludes halogenated alkanes) is 8. The van der Waals surface area contributed by atoms with Crippen LogP contribution in [0, 0.1) is 0 Å². The highest BCUT2D eigenvalue weighted by atomic mass is 16.5. The van der Waals surface area contributed by atoms with E-state index in [0.29, 0.717) is 0 Å². The largest absolute Gasteiger partial charge is 0.381 e. The summed E-state index contributed by atoms with van der Waals surface area (Å²) in [4.78, 5) is 9.25. The zero-order valence-electron chi connectivity index (χ0n) is 25.0. The lowest BCUT2D eigenvalue weighted by Crippen LogP contribution is -1.99. The number of aryl methyl sites for hydroxylation is 2. The van der Waals surface area contributed by atoms with E-state index in [2.05, 4.69) is 46.1 Å². The van der Waals surface area contributed by atoms with Gasteiger partial charge in [-0.25, -0.2) is 0 Å². The minimum Gasteiger partial charge on any atom is -0.381 e. The second-order valence-corrected chi connectivity index (χ2v) is 10.7. The first-order valence-corrected chi connectivity index (χ1v) is 15.7.